The van der Waals surface area contributed by atoms with Crippen LogP contribution in [0.15, 0.2) is 18.2 Å². The van der Waals surface area contributed by atoms with Gasteiger partial charge in [0.25, 0.3) is 11.8 Å². The summed E-state index contributed by atoms with van der Waals surface area (Å²) in [5, 5.41) is 5.76. The largest absolute Gasteiger partial charge is 0.508 e. The van der Waals surface area contributed by atoms with Gasteiger partial charge in [-0.25, -0.2) is 9.59 Å². The maximum atomic E-state index is 12.9. The number of anilines is 1. The van der Waals surface area contributed by atoms with Crippen LogP contribution in [0.5, 0.6) is 5.75 Å². The van der Waals surface area contributed by atoms with Crippen LogP contribution < -0.4 is 15.4 Å². The summed E-state index contributed by atoms with van der Waals surface area (Å²) in [5.74, 6) is -1.14. The average molecular weight is 527 g/mol. The molecule has 204 valence electrons. The lowest BCUT2D eigenvalue weighted by atomic mass is 10.0. The Kier molecular flexibility index (Phi) is 9.30. The monoisotopic (exact) mass is 526 g/mol. The molecule has 0 saturated carbocycles. The van der Waals surface area contributed by atoms with E-state index in [1.54, 1.807) is 18.2 Å². The van der Waals surface area contributed by atoms with E-state index >= 15 is 0 Å². The van der Waals surface area contributed by atoms with Crippen LogP contribution in [-0.2, 0) is 19.1 Å². The smallest absolute Gasteiger partial charge is 0.438 e. The third kappa shape index (κ3) is 6.41. The number of benzene rings is 1. The number of nitrogens with one attached hydrogen (secondary N) is 3. The Morgan fingerprint density at radius 3 is 2.53 bits per heavy atom. The molecule has 1 aliphatic rings. The lowest BCUT2D eigenvalue weighted by molar-refractivity contribution is -0.144. The second kappa shape index (κ2) is 12.4. The molecule has 11 heteroatoms. The van der Waals surface area contributed by atoms with Crippen molar-refractivity contribution in [3.63, 3.8) is 0 Å². The van der Waals surface area contributed by atoms with Crippen molar-refractivity contribution in [3.05, 3.63) is 46.3 Å². The number of hydrogen-bond acceptors (Lipinski definition) is 8. The van der Waals surface area contributed by atoms with Gasteiger partial charge in [-0.15, -0.1) is 0 Å². The first-order valence-electron chi connectivity index (χ1n) is 12.4. The van der Waals surface area contributed by atoms with E-state index in [9.17, 15) is 19.2 Å². The lowest BCUT2D eigenvalue weighted by Gasteiger charge is -2.18. The molecule has 1 aliphatic heterocycles. The molecule has 1 aromatic carbocycles. The Hall–Kier alpha value is -4.12. The van der Waals surface area contributed by atoms with Crippen LogP contribution in [0.1, 0.15) is 53.6 Å². The van der Waals surface area contributed by atoms with Gasteiger partial charge in [-0.05, 0) is 63.7 Å². The Balaban J connectivity index is 1.81. The van der Waals surface area contributed by atoms with E-state index in [-0.39, 0.29) is 17.6 Å². The number of amides is 2. The van der Waals surface area contributed by atoms with E-state index in [1.807, 2.05) is 13.8 Å². The van der Waals surface area contributed by atoms with Crippen LogP contribution in [-0.4, -0.2) is 73.2 Å². The summed E-state index contributed by atoms with van der Waals surface area (Å²) in [6.07, 6.45) is -0.520. The number of likely N-dealkylation sites (N-methyl/N-ethyl adjacent to an activating group) is 1. The minimum Gasteiger partial charge on any atom is -0.438 e. The molecule has 3 N–H and O–H groups in total. The van der Waals surface area contributed by atoms with Gasteiger partial charge < -0.3 is 34.7 Å². The van der Waals surface area contributed by atoms with Crippen LogP contribution in [0.2, 0.25) is 0 Å². The standard InChI is InChI=1S/C27H34N4O7/c1-7-31(8-2)12-11-28-25(33)23-15(3)22(29-16(23)4)14-20-19-13-18(9-10-21(19)30-24(20)32)38-26(34)17(5)37-27(35)36-6/h9-10,13-14,17,29H,7-8,11-12H2,1-6H3,(H,28,33)(H,30,32)/b20-14-. The Morgan fingerprint density at radius 2 is 1.87 bits per heavy atom. The molecule has 0 spiro atoms. The Bertz CT molecular complexity index is 1260. The fourth-order valence-corrected chi connectivity index (χ4v) is 4.17. The third-order valence-electron chi connectivity index (χ3n) is 6.36. The molecule has 1 atom stereocenters. The second-order valence-corrected chi connectivity index (χ2v) is 8.80. The van der Waals surface area contributed by atoms with E-state index in [0.717, 1.165) is 26.7 Å². The molecular formula is C27H34N4O7. The van der Waals surface area contributed by atoms with Gasteiger partial charge in [0.2, 0.25) is 0 Å². The molecule has 3 rings (SSSR count). The van der Waals surface area contributed by atoms with Gasteiger partial charge in [-0.1, -0.05) is 13.8 Å². The van der Waals surface area contributed by atoms with Gasteiger partial charge >= 0.3 is 12.1 Å². The van der Waals surface area contributed by atoms with E-state index in [4.69, 9.17) is 9.47 Å². The fraction of sp³-hybridized carbons (Fsp3) is 0.407. The van der Waals surface area contributed by atoms with E-state index < -0.39 is 18.2 Å². The molecule has 1 aromatic heterocycles. The topological polar surface area (TPSA) is 139 Å². The highest BCUT2D eigenvalue weighted by Gasteiger charge is 2.27. The molecule has 0 saturated heterocycles. The first kappa shape index (κ1) is 28.5. The molecule has 11 nitrogen and oxygen atoms in total. The maximum absolute atomic E-state index is 12.9. The molecule has 0 aliphatic carbocycles. The van der Waals surface area contributed by atoms with Gasteiger partial charge in [-0.3, -0.25) is 9.59 Å². The van der Waals surface area contributed by atoms with Crippen molar-refractivity contribution < 1.29 is 33.4 Å². The predicted molar refractivity (Wildman–Crippen MR) is 142 cm³/mol. The quantitative estimate of drug-likeness (QED) is 0.244. The third-order valence-corrected chi connectivity index (χ3v) is 6.36. The van der Waals surface area contributed by atoms with Gasteiger partial charge in [0.05, 0.1) is 18.2 Å². The second-order valence-electron chi connectivity index (χ2n) is 8.80. The van der Waals surface area contributed by atoms with Crippen LogP contribution in [0.25, 0.3) is 11.6 Å². The number of H-pyrrole nitrogens is 1. The van der Waals surface area contributed by atoms with E-state index in [0.29, 0.717) is 45.9 Å². The average Bonchev–Trinajstić information content (AvgIpc) is 3.35. The molecule has 38 heavy (non-hydrogen) atoms. The Morgan fingerprint density at radius 1 is 1.16 bits per heavy atom. The number of ether oxygens (including phenoxy) is 3. The zero-order valence-corrected chi connectivity index (χ0v) is 22.5. The highest BCUT2D eigenvalue weighted by atomic mass is 16.7. The lowest BCUT2D eigenvalue weighted by Crippen LogP contribution is -2.35. The molecule has 0 bridgehead atoms. The van der Waals surface area contributed by atoms with Gasteiger partial charge in [0.15, 0.2) is 6.10 Å². The Labute approximate surface area is 221 Å². The number of aromatic amines is 1. The number of nitrogens with zero attached hydrogens (tertiary/aromatic N) is 1. The van der Waals surface area contributed by atoms with Crippen molar-refractivity contribution in [2.75, 3.05) is 38.6 Å². The molecule has 2 aromatic rings. The molecule has 1 unspecified atom stereocenters. The first-order valence-corrected chi connectivity index (χ1v) is 12.4. The van der Waals surface area contributed by atoms with Crippen molar-refractivity contribution in [1.29, 1.82) is 0 Å². The number of aromatic nitrogens is 1. The summed E-state index contributed by atoms with van der Waals surface area (Å²) < 4.78 is 14.5. The van der Waals surface area contributed by atoms with Crippen molar-refractivity contribution in [1.82, 2.24) is 15.2 Å². The maximum Gasteiger partial charge on any atom is 0.508 e. The normalized spacial score (nSPS) is 14.2. The SMILES string of the molecule is CCN(CC)CCNC(=O)c1c(C)[nH]c(/C=C2\C(=O)Nc3ccc(OC(=O)C(C)OC(=O)OC)cc32)c1C. The van der Waals surface area contributed by atoms with Crippen LogP contribution >= 0.6 is 0 Å². The highest BCUT2D eigenvalue weighted by molar-refractivity contribution is 6.35. The minimum absolute atomic E-state index is 0.170. The number of methoxy groups -OCH3 is 1. The van der Waals surface area contributed by atoms with Crippen molar-refractivity contribution >= 4 is 41.3 Å². The fourth-order valence-electron chi connectivity index (χ4n) is 4.17. The summed E-state index contributed by atoms with van der Waals surface area (Å²) in [7, 11) is 1.13. The van der Waals surface area contributed by atoms with Crippen molar-refractivity contribution in [2.24, 2.45) is 0 Å². The van der Waals surface area contributed by atoms with Crippen LogP contribution in [0.3, 0.4) is 0 Å². The van der Waals surface area contributed by atoms with Gasteiger partial charge in [-0.2, -0.15) is 0 Å². The molecule has 2 heterocycles. The number of carbonyl (C=O) groups is 4. The number of hydrogen-bond donors (Lipinski definition) is 3. The minimum atomic E-state index is -1.19. The summed E-state index contributed by atoms with van der Waals surface area (Å²) in [4.78, 5) is 54.7. The number of carbonyl (C=O) groups excluding carboxylic acids is 4. The van der Waals surface area contributed by atoms with Crippen LogP contribution in [0.4, 0.5) is 10.5 Å². The molecule has 2 amide bonds. The molecule has 0 fully saturated rings. The number of aryl methyl sites for hydroxylation is 1. The summed E-state index contributed by atoms with van der Waals surface area (Å²) in [5.41, 5.74) is 3.99. The van der Waals surface area contributed by atoms with E-state index in [2.05, 4.69) is 39.1 Å². The number of rotatable bonds is 10. The van der Waals surface area contributed by atoms with Crippen molar-refractivity contribution in [3.8, 4) is 5.75 Å². The zero-order chi connectivity index (χ0) is 28.0. The van der Waals surface area contributed by atoms with E-state index in [1.165, 1.54) is 13.0 Å². The van der Waals surface area contributed by atoms with Crippen LogP contribution in [0, 0.1) is 13.8 Å². The summed E-state index contributed by atoms with van der Waals surface area (Å²) in [6.45, 7) is 12.3. The van der Waals surface area contributed by atoms with Gasteiger partial charge in [0, 0.05) is 35.7 Å². The molecule has 0 radical (unpaired) electrons. The number of fused-ring (bicyclic) bond motifs is 1. The molecular weight excluding hydrogens is 492 g/mol. The number of esters is 1. The zero-order valence-electron chi connectivity index (χ0n) is 22.5. The highest BCUT2D eigenvalue weighted by Crippen LogP contribution is 2.36. The van der Waals surface area contributed by atoms with Gasteiger partial charge in [0.1, 0.15) is 5.75 Å². The van der Waals surface area contributed by atoms with Crippen molar-refractivity contribution in [2.45, 2.75) is 40.7 Å². The summed E-state index contributed by atoms with van der Waals surface area (Å²) in [6, 6.07) is 4.69. The summed E-state index contributed by atoms with van der Waals surface area (Å²) >= 11 is 0. The first-order chi connectivity index (χ1) is 18.1. The predicted octanol–water partition coefficient (Wildman–Crippen LogP) is 3.27.